The van der Waals surface area contributed by atoms with Gasteiger partial charge in [-0.2, -0.15) is 0 Å². The molecule has 0 unspecified atom stereocenters. The molecule has 0 amide bonds. The molecule has 6 nitrogen and oxygen atoms in total. The average Bonchev–Trinajstić information content (AvgIpc) is 3.03. The number of carbonyl (C=O) groups excluding carboxylic acids is 1. The summed E-state index contributed by atoms with van der Waals surface area (Å²) >= 11 is 0. The zero-order valence-corrected chi connectivity index (χ0v) is 29.9. The summed E-state index contributed by atoms with van der Waals surface area (Å²) in [6.45, 7) is 8.93. The van der Waals surface area contributed by atoms with Crippen LogP contribution >= 0.6 is 0 Å². The molecule has 4 rings (SSSR count). The van der Waals surface area contributed by atoms with Crippen LogP contribution in [0.3, 0.4) is 0 Å². The predicted octanol–water partition coefficient (Wildman–Crippen LogP) is 10.3. The number of carboxylic acids is 1. The smallest absolute Gasteiger partial charge is 0.314 e. The Hall–Kier alpha value is -2.08. The number of benzene rings is 1. The number of piperidine rings is 1. The van der Waals surface area contributed by atoms with Gasteiger partial charge in [-0.05, 0) is 88.6 Å². The van der Waals surface area contributed by atoms with Crippen molar-refractivity contribution in [2.24, 2.45) is 11.3 Å². The minimum absolute atomic E-state index is 0.0184. The molecule has 1 heterocycles. The molecular weight excluding hydrogens is 574 g/mol. The second-order valence-electron chi connectivity index (χ2n) is 15.4. The van der Waals surface area contributed by atoms with E-state index in [1.54, 1.807) is 0 Å². The number of ether oxygens (including phenoxy) is 2. The average molecular weight is 642 g/mol. The van der Waals surface area contributed by atoms with Crippen molar-refractivity contribution in [1.82, 2.24) is 5.32 Å². The lowest BCUT2D eigenvalue weighted by Gasteiger charge is -2.56. The third-order valence-electron chi connectivity index (χ3n) is 10.6. The molecule has 46 heavy (non-hydrogen) atoms. The van der Waals surface area contributed by atoms with Gasteiger partial charge in [0.1, 0.15) is 5.75 Å². The first kappa shape index (κ1) is 38.4. The fraction of sp³-hybridized carbons (Fsp3) is 0.800. The van der Waals surface area contributed by atoms with Gasteiger partial charge in [0.05, 0.1) is 5.41 Å². The Kier molecular flexibility index (Phi) is 17.0. The van der Waals surface area contributed by atoms with Crippen LogP contribution in [0, 0.1) is 11.3 Å². The number of fused-ring (bicyclic) bond motifs is 1. The van der Waals surface area contributed by atoms with Crippen molar-refractivity contribution in [1.29, 1.82) is 0 Å². The monoisotopic (exact) mass is 642 g/mol. The first-order valence-electron chi connectivity index (χ1n) is 19.1. The van der Waals surface area contributed by atoms with Crippen LogP contribution in [0.4, 0.5) is 0 Å². The molecule has 6 heteroatoms. The first-order valence-corrected chi connectivity index (χ1v) is 19.1. The molecule has 1 saturated carbocycles. The molecule has 1 aliphatic heterocycles. The van der Waals surface area contributed by atoms with Gasteiger partial charge < -0.3 is 19.9 Å². The molecule has 3 aliphatic rings. The zero-order chi connectivity index (χ0) is 33.3. The summed E-state index contributed by atoms with van der Waals surface area (Å²) < 4.78 is 11.1. The van der Waals surface area contributed by atoms with E-state index in [2.05, 4.69) is 24.4 Å². The van der Waals surface area contributed by atoms with Crippen LogP contribution < -0.4 is 10.1 Å². The van der Waals surface area contributed by atoms with Gasteiger partial charge in [-0.3, -0.25) is 9.59 Å². The number of carboxylic acid groups (broad SMARTS) is 1. The minimum Gasteiger partial charge on any atom is -0.481 e. The summed E-state index contributed by atoms with van der Waals surface area (Å²) in [7, 11) is 0. The van der Waals surface area contributed by atoms with Crippen LogP contribution in [-0.4, -0.2) is 36.4 Å². The normalized spacial score (nSPS) is 21.7. The molecule has 2 bridgehead atoms. The zero-order valence-electron chi connectivity index (χ0n) is 29.9. The van der Waals surface area contributed by atoms with Gasteiger partial charge in [0, 0.05) is 17.9 Å². The number of aliphatic carboxylic acids is 1. The third kappa shape index (κ3) is 12.5. The van der Waals surface area contributed by atoms with Crippen LogP contribution in [-0.2, 0) is 26.2 Å². The summed E-state index contributed by atoms with van der Waals surface area (Å²) in [5, 5.41) is 12.3. The van der Waals surface area contributed by atoms with Gasteiger partial charge in [-0.15, -0.1) is 0 Å². The van der Waals surface area contributed by atoms with Crippen molar-refractivity contribution in [2.75, 3.05) is 13.3 Å². The van der Waals surface area contributed by atoms with Gasteiger partial charge in [0.2, 0.25) is 6.79 Å². The quantitative estimate of drug-likeness (QED) is 0.0888. The Morgan fingerprint density at radius 3 is 2.07 bits per heavy atom. The molecule has 262 valence electrons. The van der Waals surface area contributed by atoms with Crippen molar-refractivity contribution in [2.45, 2.75) is 180 Å². The second-order valence-corrected chi connectivity index (χ2v) is 15.4. The summed E-state index contributed by atoms with van der Waals surface area (Å²) in [4.78, 5) is 22.2. The largest absolute Gasteiger partial charge is 0.481 e. The summed E-state index contributed by atoms with van der Waals surface area (Å²) in [5.74, 6) is 0.690. The Balaban J connectivity index is 0.000000262. The summed E-state index contributed by atoms with van der Waals surface area (Å²) in [6, 6.07) is 7.12. The van der Waals surface area contributed by atoms with E-state index in [9.17, 15) is 9.59 Å². The molecule has 1 aromatic rings. The maximum atomic E-state index is 11.9. The minimum atomic E-state index is -0.653. The standard InChI is InChI=1S/C22H31NO3.C18H36O2/c1-21(2,3)20(24)26-14-25-16-8-7-15-12-19-17-6-4-5-9-22(17,10-11-23-19)18(15)13-16;1-2-3-4-5-6-7-8-9-10-11-12-13-14-15-16-17-18(19)20/h7-8,13,17,19,23H,4-6,9-12,14H2,1-3H3;2-17H2,1H3,(H,19,20)/t17-,19+,22+;/m0./s1. The van der Waals surface area contributed by atoms with Crippen LogP contribution in [0.5, 0.6) is 5.75 Å². The number of rotatable bonds is 19. The van der Waals surface area contributed by atoms with Gasteiger partial charge in [0.25, 0.3) is 0 Å². The van der Waals surface area contributed by atoms with E-state index >= 15 is 0 Å². The highest BCUT2D eigenvalue weighted by Crippen LogP contribution is 2.54. The Morgan fingerprint density at radius 2 is 1.48 bits per heavy atom. The van der Waals surface area contributed by atoms with Crippen molar-refractivity contribution in [3.63, 3.8) is 0 Å². The van der Waals surface area contributed by atoms with Crippen LogP contribution in [0.25, 0.3) is 0 Å². The van der Waals surface area contributed by atoms with E-state index in [1.807, 2.05) is 26.8 Å². The van der Waals surface area contributed by atoms with E-state index < -0.39 is 11.4 Å². The lowest BCUT2D eigenvalue weighted by molar-refractivity contribution is -0.159. The Morgan fingerprint density at radius 1 is 0.870 bits per heavy atom. The van der Waals surface area contributed by atoms with Crippen molar-refractivity contribution in [3.8, 4) is 5.75 Å². The number of esters is 1. The van der Waals surface area contributed by atoms with E-state index in [1.165, 1.54) is 127 Å². The Bertz CT molecular complexity index is 1030. The SMILES string of the molecule is CC(C)(C)C(=O)OCOc1ccc2c(c1)[C@@]13CCCC[C@H]1[C@@H](C2)NCC3.CCCCCCCCCCCCCCCCCC(=O)O. The van der Waals surface area contributed by atoms with Crippen molar-refractivity contribution >= 4 is 11.9 Å². The van der Waals surface area contributed by atoms with Gasteiger partial charge in [0.15, 0.2) is 0 Å². The third-order valence-corrected chi connectivity index (χ3v) is 10.6. The fourth-order valence-electron chi connectivity index (χ4n) is 8.01. The van der Waals surface area contributed by atoms with Crippen LogP contribution in [0.15, 0.2) is 18.2 Å². The number of hydrogen-bond donors (Lipinski definition) is 2. The van der Waals surface area contributed by atoms with E-state index in [0.717, 1.165) is 37.5 Å². The van der Waals surface area contributed by atoms with Crippen molar-refractivity contribution < 1.29 is 24.2 Å². The molecule has 0 spiro atoms. The van der Waals surface area contributed by atoms with Gasteiger partial charge >= 0.3 is 11.9 Å². The number of carbonyl (C=O) groups is 2. The molecule has 0 radical (unpaired) electrons. The molecule has 1 aromatic carbocycles. The highest BCUT2D eigenvalue weighted by atomic mass is 16.7. The lowest BCUT2D eigenvalue weighted by atomic mass is 9.53. The van der Waals surface area contributed by atoms with Gasteiger partial charge in [-0.25, -0.2) is 0 Å². The van der Waals surface area contributed by atoms with E-state index in [4.69, 9.17) is 14.6 Å². The maximum absolute atomic E-state index is 11.9. The van der Waals surface area contributed by atoms with Crippen LogP contribution in [0.2, 0.25) is 0 Å². The van der Waals surface area contributed by atoms with E-state index in [-0.39, 0.29) is 12.8 Å². The fourth-order valence-corrected chi connectivity index (χ4v) is 8.01. The van der Waals surface area contributed by atoms with Gasteiger partial charge in [-0.1, -0.05) is 116 Å². The van der Waals surface area contributed by atoms with Crippen LogP contribution in [0.1, 0.15) is 174 Å². The molecular formula is C40H67NO5. The first-order chi connectivity index (χ1) is 22.2. The van der Waals surface area contributed by atoms with Crippen molar-refractivity contribution in [3.05, 3.63) is 29.3 Å². The highest BCUT2D eigenvalue weighted by Gasteiger charge is 2.51. The molecule has 3 atom stereocenters. The van der Waals surface area contributed by atoms with E-state index in [0.29, 0.717) is 17.9 Å². The number of unbranched alkanes of at least 4 members (excludes halogenated alkanes) is 14. The maximum Gasteiger partial charge on any atom is 0.314 e. The molecule has 2 N–H and O–H groups in total. The lowest BCUT2D eigenvalue weighted by Crippen LogP contribution is -2.59. The molecule has 2 fully saturated rings. The molecule has 2 aliphatic carbocycles. The number of hydrogen-bond acceptors (Lipinski definition) is 5. The Labute approximate surface area is 281 Å². The second kappa shape index (κ2) is 20.3. The summed E-state index contributed by atoms with van der Waals surface area (Å²) in [5.41, 5.74) is 2.79. The predicted molar refractivity (Wildman–Crippen MR) is 188 cm³/mol. The number of nitrogens with one attached hydrogen (secondary N) is 1. The highest BCUT2D eigenvalue weighted by molar-refractivity contribution is 5.75. The topological polar surface area (TPSA) is 84.9 Å². The molecule has 0 aromatic heterocycles. The summed E-state index contributed by atoms with van der Waals surface area (Å²) in [6.07, 6.45) is 27.9. The molecule has 1 saturated heterocycles.